The minimum absolute atomic E-state index is 0.0217. The summed E-state index contributed by atoms with van der Waals surface area (Å²) in [6.45, 7) is 3.15. The van der Waals surface area contributed by atoms with Crippen molar-refractivity contribution in [2.75, 3.05) is 51.1 Å². The average Bonchev–Trinajstić information content (AvgIpc) is 1.59. The number of aromatic nitrogens is 6. The Hall–Kier alpha value is -6.18. The molecule has 0 amide bonds. The van der Waals surface area contributed by atoms with Gasteiger partial charge in [0.1, 0.15) is 84.4 Å². The highest BCUT2D eigenvalue weighted by atomic mass is 35.5. The Bertz CT molecular complexity index is 4130. The summed E-state index contributed by atoms with van der Waals surface area (Å²) in [5.74, 6) is -0.364. The fourth-order valence-electron chi connectivity index (χ4n) is 14.1. The summed E-state index contributed by atoms with van der Waals surface area (Å²) in [4.78, 5) is 37.6. The van der Waals surface area contributed by atoms with Crippen LogP contribution in [0.2, 0.25) is 10.0 Å². The van der Waals surface area contributed by atoms with E-state index >= 15 is 0 Å². The molecule has 12 atom stereocenters. The minimum Gasteiger partial charge on any atom is -0.388 e. The summed E-state index contributed by atoms with van der Waals surface area (Å²) < 4.78 is 93.0. The molecule has 2 unspecified atom stereocenters. The summed E-state index contributed by atoms with van der Waals surface area (Å²) in [5, 5.41) is 83.2. The van der Waals surface area contributed by atoms with E-state index in [-0.39, 0.29) is 61.4 Å². The zero-order valence-corrected chi connectivity index (χ0v) is 69.5. The summed E-state index contributed by atoms with van der Waals surface area (Å²) in [6, 6.07) is 20.5. The van der Waals surface area contributed by atoms with E-state index < -0.39 is 107 Å². The lowest BCUT2D eigenvalue weighted by atomic mass is 9.91. The Morgan fingerprint density at radius 1 is 0.557 bits per heavy atom. The Balaban J connectivity index is 0.000000318. The van der Waals surface area contributed by atoms with Crippen LogP contribution in [0.1, 0.15) is 241 Å². The van der Waals surface area contributed by atoms with Gasteiger partial charge in [0, 0.05) is 19.6 Å². The summed E-state index contributed by atoms with van der Waals surface area (Å²) in [5.41, 5.74) is 9.70. The molecule has 0 aliphatic carbocycles. The van der Waals surface area contributed by atoms with Crippen molar-refractivity contribution in [3.8, 4) is 18.2 Å². The normalized spacial score (nSPS) is 20.9. The van der Waals surface area contributed by atoms with Crippen LogP contribution >= 0.6 is 38.8 Å². The maximum Gasteiger partial charge on any atom is 0.472 e. The van der Waals surface area contributed by atoms with Crippen molar-refractivity contribution in [2.45, 2.75) is 292 Å². The molecule has 6 heterocycles. The van der Waals surface area contributed by atoms with Gasteiger partial charge in [-0.2, -0.15) is 26.0 Å². The first-order chi connectivity index (χ1) is 55.4. The average molecular weight is 1690 g/mol. The third kappa shape index (κ3) is 30.9. The van der Waals surface area contributed by atoms with E-state index in [0.717, 1.165) is 63.8 Å². The number of phosphoric ester groups is 2. The number of phosphoric acid groups is 2. The van der Waals surface area contributed by atoms with Gasteiger partial charge >= 0.3 is 15.6 Å². The lowest BCUT2D eigenvalue weighted by Crippen LogP contribution is -2.42. The molecule has 0 bridgehead atoms. The number of rotatable bonds is 56. The van der Waals surface area contributed by atoms with Gasteiger partial charge in [-0.3, -0.25) is 13.6 Å². The first-order valence-corrected chi connectivity index (χ1v) is 44.3. The van der Waals surface area contributed by atoms with E-state index in [9.17, 15) is 64.4 Å². The monoisotopic (exact) mass is 1680 g/mol. The Kier molecular flexibility index (Phi) is 42.3. The molecule has 29 nitrogen and oxygen atoms in total. The molecule has 4 aromatic heterocycles. The molecule has 0 saturated carbocycles. The number of nitriles is 3. The molecule has 115 heavy (non-hydrogen) atoms. The summed E-state index contributed by atoms with van der Waals surface area (Å²) in [6.07, 6.45) is 30.4. The molecule has 2 aliphatic rings. The van der Waals surface area contributed by atoms with Crippen molar-refractivity contribution >= 4 is 61.5 Å². The van der Waals surface area contributed by atoms with Gasteiger partial charge in [-0.1, -0.05) is 209 Å². The SMILES string of the molecule is CCCCCCCC/C=C\CCCCCCCCOC[C@H](COP(=O)(O)OC[C@H]1O[C@@](C#N)(c2ccc3c(N)ncnn23)[C@H](O)[C@@H]1O)OCc1cc(F)cc(C#N)c1.CCCCCCCCCCCCCCCCCCOC(C[C@H]1O[C@@](C#N)(c2ccc3c(N)ncnn23)[C@H](O)[C@@H]1O)[C@@H](COP(=O)(O)O)OCc1ccc(Cl)c(Cl)c1. The smallest absolute Gasteiger partial charge is 0.388 e. The number of fused-ring (bicyclic) bond motifs is 2. The third-order valence-electron chi connectivity index (χ3n) is 20.5. The number of benzene rings is 2. The number of unbranched alkanes of at least 4 members (excludes halogenated alkanes) is 27. The van der Waals surface area contributed by atoms with Crippen LogP contribution in [0.3, 0.4) is 0 Å². The van der Waals surface area contributed by atoms with Crippen molar-refractivity contribution in [3.63, 3.8) is 0 Å². The Labute approximate surface area is 684 Å². The van der Waals surface area contributed by atoms with Gasteiger partial charge < -0.3 is 75.0 Å². The zero-order chi connectivity index (χ0) is 83.1. The molecule has 11 N–H and O–H groups in total. The maximum absolute atomic E-state index is 14.1. The van der Waals surface area contributed by atoms with Crippen LogP contribution in [0.4, 0.5) is 16.0 Å². The van der Waals surface area contributed by atoms with Gasteiger partial charge in [-0.25, -0.2) is 32.5 Å². The highest BCUT2D eigenvalue weighted by Gasteiger charge is 2.59. The molecule has 0 spiro atoms. The number of allylic oxidation sites excluding steroid dienone is 2. The van der Waals surface area contributed by atoms with Crippen LogP contribution in [0.5, 0.6) is 0 Å². The van der Waals surface area contributed by atoms with Crippen LogP contribution in [0, 0.1) is 39.8 Å². The molecular formula is C81H118Cl2FN11O18P2. The van der Waals surface area contributed by atoms with E-state index in [2.05, 4.69) is 46.2 Å². The molecule has 34 heteroatoms. The Morgan fingerprint density at radius 2 is 1.04 bits per heavy atom. The highest BCUT2D eigenvalue weighted by molar-refractivity contribution is 7.47. The quantitative estimate of drug-likeness (QED) is 0.00972. The number of hydrogen-bond acceptors (Lipinski definition) is 24. The number of anilines is 2. The largest absolute Gasteiger partial charge is 0.472 e. The highest BCUT2D eigenvalue weighted by Crippen LogP contribution is 2.47. The molecular weight excluding hydrogens is 1570 g/mol. The number of nitrogens with zero attached hydrogens (tertiary/aromatic N) is 9. The lowest BCUT2D eigenvalue weighted by Gasteiger charge is -2.30. The summed E-state index contributed by atoms with van der Waals surface area (Å²) >= 11 is 12.3. The maximum atomic E-state index is 14.1. The van der Waals surface area contributed by atoms with E-state index in [1.54, 1.807) is 24.3 Å². The number of halogens is 3. The van der Waals surface area contributed by atoms with Crippen molar-refractivity contribution in [3.05, 3.63) is 129 Å². The van der Waals surface area contributed by atoms with E-state index in [0.29, 0.717) is 45.2 Å². The van der Waals surface area contributed by atoms with Crippen LogP contribution in [-0.2, 0) is 75.5 Å². The van der Waals surface area contributed by atoms with E-state index in [1.807, 2.05) is 18.2 Å². The van der Waals surface area contributed by atoms with E-state index in [1.165, 1.54) is 181 Å². The van der Waals surface area contributed by atoms with Crippen LogP contribution in [0.25, 0.3) is 11.0 Å². The summed E-state index contributed by atoms with van der Waals surface area (Å²) in [7, 11) is -9.78. The van der Waals surface area contributed by atoms with Gasteiger partial charge in [0.05, 0.1) is 84.9 Å². The van der Waals surface area contributed by atoms with Gasteiger partial charge in [0.2, 0.25) is 11.2 Å². The molecule has 6 aromatic rings. The fraction of sp³-hybridized carbons (Fsp3) is 0.642. The second-order valence-corrected chi connectivity index (χ2v) is 33.0. The topological polar surface area (TPSA) is 443 Å². The molecule has 636 valence electrons. The van der Waals surface area contributed by atoms with Gasteiger partial charge in [0.15, 0.2) is 11.6 Å². The molecule has 0 radical (unpaired) electrons. The number of aliphatic hydroxyl groups is 4. The number of ether oxygens (including phenoxy) is 6. The minimum atomic E-state index is -4.94. The van der Waals surface area contributed by atoms with Gasteiger partial charge in [-0.05, 0) is 104 Å². The molecule has 2 aliphatic heterocycles. The zero-order valence-electron chi connectivity index (χ0n) is 66.2. The van der Waals surface area contributed by atoms with Crippen molar-refractivity contribution < 1.29 is 90.6 Å². The van der Waals surface area contributed by atoms with Crippen LogP contribution in [-0.4, -0.2) is 159 Å². The van der Waals surface area contributed by atoms with Crippen LogP contribution < -0.4 is 11.5 Å². The number of nitrogens with two attached hydrogens (primary N) is 2. The third-order valence-corrected chi connectivity index (χ3v) is 22.7. The number of hydrogen-bond donors (Lipinski definition) is 9. The second kappa shape index (κ2) is 50.7. The van der Waals surface area contributed by atoms with Crippen LogP contribution in [0.15, 0.2) is 85.5 Å². The predicted octanol–water partition coefficient (Wildman–Crippen LogP) is 15.1. The molecule has 2 aromatic carbocycles. The van der Waals surface area contributed by atoms with Gasteiger partial charge in [0.25, 0.3) is 0 Å². The first-order valence-electron chi connectivity index (χ1n) is 40.5. The molecule has 8 rings (SSSR count). The fourth-order valence-corrected chi connectivity index (χ4v) is 15.5. The van der Waals surface area contributed by atoms with E-state index in [4.69, 9.17) is 76.7 Å². The van der Waals surface area contributed by atoms with Crippen molar-refractivity contribution in [2.24, 2.45) is 0 Å². The van der Waals surface area contributed by atoms with Gasteiger partial charge in [-0.15, -0.1) is 0 Å². The Morgan fingerprint density at radius 3 is 1.55 bits per heavy atom. The molecule has 2 saturated heterocycles. The second-order valence-electron chi connectivity index (χ2n) is 29.5. The van der Waals surface area contributed by atoms with Crippen molar-refractivity contribution in [1.29, 1.82) is 15.8 Å². The number of nitrogen functional groups attached to an aromatic ring is 2. The first kappa shape index (κ1) is 96.0. The lowest BCUT2D eigenvalue weighted by molar-refractivity contribution is -0.126. The molecule has 2 fully saturated rings. The van der Waals surface area contributed by atoms with Crippen molar-refractivity contribution in [1.82, 2.24) is 29.2 Å². The predicted molar refractivity (Wildman–Crippen MR) is 432 cm³/mol. The number of aliphatic hydroxyl groups excluding tert-OH is 4. The standard InChI is InChI=1S/C41H58FN6O9P.C40H60Cl2N5O9P/c1-2-3-4-5-6-7-8-9-10-11-12-13-14-15-16-17-20-53-26-34(54-25-32-21-31(24-43)22-33(42)23-32)27-55-58(51,52)56-28-36-38(49)39(50)41(29-44,57-36)37-19-18-35-40(45)46-30-47-48(35)37;1-2-3-4-5-6-7-8-9-10-11-12-13-14-15-16-17-22-53-33(35(26-55-57(50,51)52)54-25-29-18-19-30(41)31(42)23-29)24-34-37(48)38(49)40(27-43,56-34)36-21-20-32-39(44)45-28-46-47(32)36/h9-10,18-19,21-23,30,34,36,38-39,49-50H,2-8,11-17,20,25-28H2,1H3,(H,51,52)(H2,45,46,47);18-21,23,28,33-35,37-38,48-49H,2-17,22,24-26H2,1H3,(H2,44,45,46)(H2,50,51,52)/b10-9-;/t34-,36-,38-,39-,41+;33?,34-,35-,37-,38-,40+/m11/s1.